The monoisotopic (exact) mass is 848 g/mol. The molecule has 4 aliphatic heterocycles. The summed E-state index contributed by atoms with van der Waals surface area (Å²) >= 11 is 0. The van der Waals surface area contributed by atoms with Crippen molar-refractivity contribution in [3.8, 4) is 0 Å². The van der Waals surface area contributed by atoms with Crippen LogP contribution in [0.25, 0.3) is 0 Å². The second kappa shape index (κ2) is 24.7. The van der Waals surface area contributed by atoms with Crippen LogP contribution in [0.3, 0.4) is 0 Å². The molecule has 4 saturated heterocycles. The van der Waals surface area contributed by atoms with Crippen LogP contribution in [0.2, 0.25) is 0 Å². The molecule has 58 heavy (non-hydrogen) atoms. The maximum absolute atomic E-state index is 10.7. The molecule has 0 aromatic rings. The molecule has 0 aromatic heterocycles. The van der Waals surface area contributed by atoms with Crippen LogP contribution in [0.1, 0.15) is 0 Å². The van der Waals surface area contributed by atoms with E-state index in [0.717, 1.165) is 0 Å². The van der Waals surface area contributed by atoms with Gasteiger partial charge in [0.25, 0.3) is 0 Å². The van der Waals surface area contributed by atoms with Gasteiger partial charge in [0, 0.05) is 92.4 Å². The molecule has 342 valence electrons. The average molecular weight is 849 g/mol. The largest absolute Gasteiger partial charge is 0.382 e. The standard InChI is InChI=1S/C37H68O21/c1-39-14-18-22(40-2)27(45-7)31(49-11)35(56-18)53-16-20-24(42-4)29(47-9)33(51-13)37(58-20)54-17-21-25(43-5)28(46-8)32(50-12)36(57-21)52-15-19-23(41-3)26(44-6)30(48-10)34(38)55-19/h18-38H,14-17H2,1-13H3/t18-,19-,20-,21-,22-,23-,24-,25-,26+,27+,28+,29+,30-,31-,32-,33-,34?,35+,36+,37+/m1/s1. The van der Waals surface area contributed by atoms with Gasteiger partial charge in [0.2, 0.25) is 0 Å². The van der Waals surface area contributed by atoms with Gasteiger partial charge in [-0.25, -0.2) is 0 Å². The van der Waals surface area contributed by atoms with Crippen molar-refractivity contribution in [3.63, 3.8) is 0 Å². The molecular weight excluding hydrogens is 780 g/mol. The normalized spacial score (nSPS) is 43.8. The smallest absolute Gasteiger partial charge is 0.187 e. The molecule has 20 atom stereocenters. The first-order valence-electron chi connectivity index (χ1n) is 19.1. The van der Waals surface area contributed by atoms with E-state index in [1.807, 2.05) is 0 Å². The van der Waals surface area contributed by atoms with Crippen LogP contribution >= 0.6 is 0 Å². The first-order valence-corrected chi connectivity index (χ1v) is 19.1. The van der Waals surface area contributed by atoms with Gasteiger partial charge in [0.05, 0.1) is 26.4 Å². The van der Waals surface area contributed by atoms with E-state index in [9.17, 15) is 5.11 Å². The molecule has 21 heteroatoms. The van der Waals surface area contributed by atoms with Crippen LogP contribution in [0.15, 0.2) is 0 Å². The van der Waals surface area contributed by atoms with E-state index in [2.05, 4.69) is 0 Å². The van der Waals surface area contributed by atoms with E-state index in [4.69, 9.17) is 94.7 Å². The Labute approximate surface area is 341 Å². The first-order chi connectivity index (χ1) is 28.1. The maximum Gasteiger partial charge on any atom is 0.187 e. The van der Waals surface area contributed by atoms with Crippen molar-refractivity contribution in [2.45, 2.75) is 123 Å². The molecule has 0 saturated carbocycles. The molecule has 1 N–H and O–H groups in total. The zero-order valence-electron chi connectivity index (χ0n) is 36.0. The molecular formula is C37H68O21. The van der Waals surface area contributed by atoms with E-state index in [0.29, 0.717) is 0 Å². The number of ether oxygens (including phenoxy) is 20. The highest BCUT2D eigenvalue weighted by atomic mass is 16.8. The lowest BCUT2D eigenvalue weighted by Gasteiger charge is -2.48. The highest BCUT2D eigenvalue weighted by Gasteiger charge is 2.53. The van der Waals surface area contributed by atoms with Crippen molar-refractivity contribution in [2.75, 3.05) is 119 Å². The fraction of sp³-hybridized carbons (Fsp3) is 1.00. The summed E-state index contributed by atoms with van der Waals surface area (Å²) in [7, 11) is 19.9. The number of methoxy groups -OCH3 is 13. The van der Waals surface area contributed by atoms with Crippen LogP contribution in [0.5, 0.6) is 0 Å². The third-order valence-corrected chi connectivity index (χ3v) is 11.3. The Morgan fingerprint density at radius 2 is 0.534 bits per heavy atom. The molecule has 0 radical (unpaired) electrons. The van der Waals surface area contributed by atoms with Gasteiger partial charge >= 0.3 is 0 Å². The molecule has 21 nitrogen and oxygen atoms in total. The van der Waals surface area contributed by atoms with Crippen molar-refractivity contribution in [3.05, 3.63) is 0 Å². The van der Waals surface area contributed by atoms with E-state index < -0.39 is 123 Å². The predicted molar refractivity (Wildman–Crippen MR) is 196 cm³/mol. The Hall–Kier alpha value is -0.840. The number of aliphatic hydroxyl groups excluding tert-OH is 1. The summed E-state index contributed by atoms with van der Waals surface area (Å²) in [4.78, 5) is 0. The second-order valence-corrected chi connectivity index (χ2v) is 14.1. The lowest BCUT2D eigenvalue weighted by Crippen LogP contribution is -2.64. The molecule has 0 aromatic carbocycles. The third kappa shape index (κ3) is 11.0. The van der Waals surface area contributed by atoms with Crippen LogP contribution < -0.4 is 0 Å². The SMILES string of the molecule is COC[C@H]1O[C@H](OC[C@H]2O[C@H](OC[C@H]3O[C@H](OC[C@H]4OC(O)[C@H](OC)[C@@H](OC)[C@@H]4OC)[C@H](OC)[C@@H](OC)[C@@H]3OC)[C@H](OC)[C@@H](OC)[C@@H]2OC)[C@H](OC)[C@@H](OC)[C@@H]1OC. The summed E-state index contributed by atoms with van der Waals surface area (Å²) in [5.41, 5.74) is 0. The lowest BCUT2D eigenvalue weighted by molar-refractivity contribution is -0.355. The lowest BCUT2D eigenvalue weighted by atomic mass is 9.97. The fourth-order valence-electron chi connectivity index (χ4n) is 8.41. The number of rotatable bonds is 23. The van der Waals surface area contributed by atoms with Gasteiger partial charge in [0.1, 0.15) is 97.7 Å². The minimum absolute atomic E-state index is 0.0275. The molecule has 0 aliphatic carbocycles. The Kier molecular flexibility index (Phi) is 21.2. The summed E-state index contributed by atoms with van der Waals surface area (Å²) in [6.07, 6.45) is -14.9. The average Bonchev–Trinajstić information content (AvgIpc) is 3.24. The number of aliphatic hydroxyl groups is 1. The van der Waals surface area contributed by atoms with Gasteiger partial charge in [-0.3, -0.25) is 0 Å². The summed E-state index contributed by atoms with van der Waals surface area (Å²) < 4.78 is 119. The van der Waals surface area contributed by atoms with Crippen LogP contribution in [0.4, 0.5) is 0 Å². The number of hydrogen-bond acceptors (Lipinski definition) is 21. The molecule has 0 spiro atoms. The molecule has 0 bridgehead atoms. The van der Waals surface area contributed by atoms with Gasteiger partial charge in [-0.2, -0.15) is 0 Å². The van der Waals surface area contributed by atoms with Crippen molar-refractivity contribution in [2.24, 2.45) is 0 Å². The molecule has 4 aliphatic rings. The second-order valence-electron chi connectivity index (χ2n) is 14.1. The van der Waals surface area contributed by atoms with E-state index in [1.165, 1.54) is 49.8 Å². The Morgan fingerprint density at radius 3 is 0.793 bits per heavy atom. The van der Waals surface area contributed by atoms with Crippen LogP contribution in [-0.2, 0) is 94.7 Å². The maximum atomic E-state index is 10.7. The van der Waals surface area contributed by atoms with E-state index in [-0.39, 0.29) is 26.4 Å². The summed E-state index contributed by atoms with van der Waals surface area (Å²) in [5, 5.41) is 10.7. The fourth-order valence-corrected chi connectivity index (χ4v) is 8.41. The van der Waals surface area contributed by atoms with Crippen molar-refractivity contribution >= 4 is 0 Å². The molecule has 0 amide bonds. The molecule has 4 heterocycles. The van der Waals surface area contributed by atoms with Gasteiger partial charge in [-0.15, -0.1) is 0 Å². The first kappa shape index (κ1) is 49.8. The minimum atomic E-state index is -1.30. The molecule has 1 unspecified atom stereocenters. The Morgan fingerprint density at radius 1 is 0.293 bits per heavy atom. The van der Waals surface area contributed by atoms with Gasteiger partial charge in [-0.1, -0.05) is 0 Å². The molecule has 4 rings (SSSR count). The zero-order chi connectivity index (χ0) is 42.5. The zero-order valence-corrected chi connectivity index (χ0v) is 36.0. The van der Waals surface area contributed by atoms with E-state index >= 15 is 0 Å². The minimum Gasteiger partial charge on any atom is -0.382 e. The number of hydrogen-bond donors (Lipinski definition) is 1. The summed E-state index contributed by atoms with van der Waals surface area (Å²) in [5.74, 6) is 0. The van der Waals surface area contributed by atoms with Gasteiger partial charge in [0.15, 0.2) is 25.2 Å². The van der Waals surface area contributed by atoms with Gasteiger partial charge < -0.3 is 99.8 Å². The highest BCUT2D eigenvalue weighted by Crippen LogP contribution is 2.34. The summed E-state index contributed by atoms with van der Waals surface area (Å²) in [6.45, 7) is 0.0441. The van der Waals surface area contributed by atoms with Crippen molar-refractivity contribution < 1.29 is 99.8 Å². The van der Waals surface area contributed by atoms with Crippen molar-refractivity contribution in [1.29, 1.82) is 0 Å². The predicted octanol–water partition coefficient (Wildman–Crippen LogP) is -1.25. The topological polar surface area (TPSA) is 205 Å². The van der Waals surface area contributed by atoms with Gasteiger partial charge in [-0.05, 0) is 0 Å². The highest BCUT2D eigenvalue weighted by molar-refractivity contribution is 4.97. The van der Waals surface area contributed by atoms with Crippen LogP contribution in [-0.4, -0.2) is 247 Å². The molecule has 4 fully saturated rings. The quantitative estimate of drug-likeness (QED) is 0.128. The van der Waals surface area contributed by atoms with Crippen LogP contribution in [0, 0.1) is 0 Å². The van der Waals surface area contributed by atoms with E-state index in [1.54, 1.807) is 42.7 Å². The Bertz CT molecular complexity index is 1130. The third-order valence-electron chi connectivity index (χ3n) is 11.3. The van der Waals surface area contributed by atoms with Crippen molar-refractivity contribution in [1.82, 2.24) is 0 Å². The summed E-state index contributed by atoms with van der Waals surface area (Å²) in [6, 6.07) is 0. The Balaban J connectivity index is 1.51.